The lowest BCUT2D eigenvalue weighted by Crippen LogP contribution is -2.46. The quantitative estimate of drug-likeness (QED) is 0.581. The number of methoxy groups -OCH3 is 1. The molecular formula is C16H28O3. The molecule has 3 fully saturated rings. The molecule has 3 rings (SSSR count). The molecule has 19 heavy (non-hydrogen) atoms. The molecule has 1 spiro atoms. The first kappa shape index (κ1) is 13.8. The van der Waals surface area contributed by atoms with E-state index in [0.717, 1.165) is 18.4 Å². The van der Waals surface area contributed by atoms with Crippen molar-refractivity contribution in [3.63, 3.8) is 0 Å². The highest BCUT2D eigenvalue weighted by atomic mass is 16.7. The second kappa shape index (κ2) is 4.71. The summed E-state index contributed by atoms with van der Waals surface area (Å²) < 4.78 is 17.3. The lowest BCUT2D eigenvalue weighted by Gasteiger charge is -2.47. The van der Waals surface area contributed by atoms with E-state index >= 15 is 0 Å². The summed E-state index contributed by atoms with van der Waals surface area (Å²) in [7, 11) is 1.73. The third kappa shape index (κ3) is 2.70. The molecule has 2 saturated carbocycles. The normalized spacial score (nSPS) is 46.1. The predicted octanol–water partition coefficient (Wildman–Crippen LogP) is 3.37. The molecule has 1 heterocycles. The standard InChI is InChI=1S/C16H28O3/c1-11-13-7-8-16(10-18-16)9-12(13)5-6-14(11)19-15(2,3)17-4/h11-14H,5-10H2,1-4H3/t11?,12?,13?,14-,16?/m1/s1. The number of epoxide rings is 1. The van der Waals surface area contributed by atoms with Gasteiger partial charge < -0.3 is 14.2 Å². The van der Waals surface area contributed by atoms with Crippen molar-refractivity contribution in [3.8, 4) is 0 Å². The highest BCUT2D eigenvalue weighted by Gasteiger charge is 2.53. The topological polar surface area (TPSA) is 31.0 Å². The molecule has 0 aromatic carbocycles. The number of hydrogen-bond donors (Lipinski definition) is 0. The van der Waals surface area contributed by atoms with Crippen molar-refractivity contribution in [1.82, 2.24) is 0 Å². The van der Waals surface area contributed by atoms with Crippen molar-refractivity contribution in [3.05, 3.63) is 0 Å². The van der Waals surface area contributed by atoms with Crippen LogP contribution in [0.3, 0.4) is 0 Å². The van der Waals surface area contributed by atoms with E-state index in [1.165, 1.54) is 32.1 Å². The number of ether oxygens (including phenoxy) is 3. The monoisotopic (exact) mass is 268 g/mol. The van der Waals surface area contributed by atoms with E-state index in [0.29, 0.717) is 17.6 Å². The third-order valence-corrected chi connectivity index (χ3v) is 5.74. The predicted molar refractivity (Wildman–Crippen MR) is 73.9 cm³/mol. The second-order valence-electron chi connectivity index (χ2n) is 7.34. The highest BCUT2D eigenvalue weighted by molar-refractivity contribution is 5.02. The summed E-state index contributed by atoms with van der Waals surface area (Å²) in [6.07, 6.45) is 6.70. The summed E-state index contributed by atoms with van der Waals surface area (Å²) in [6, 6.07) is 0. The average molecular weight is 268 g/mol. The first-order chi connectivity index (χ1) is 8.95. The van der Waals surface area contributed by atoms with Crippen LogP contribution in [-0.4, -0.2) is 31.2 Å². The Kier molecular flexibility index (Phi) is 3.43. The van der Waals surface area contributed by atoms with Crippen molar-refractivity contribution < 1.29 is 14.2 Å². The molecule has 3 aliphatic rings. The molecule has 5 atom stereocenters. The minimum absolute atomic E-state index is 0.306. The largest absolute Gasteiger partial charge is 0.370 e. The molecular weight excluding hydrogens is 240 g/mol. The number of rotatable bonds is 3. The molecule has 0 bridgehead atoms. The van der Waals surface area contributed by atoms with E-state index in [1.54, 1.807) is 7.11 Å². The summed E-state index contributed by atoms with van der Waals surface area (Å²) in [6.45, 7) is 7.42. The van der Waals surface area contributed by atoms with Crippen LogP contribution >= 0.6 is 0 Å². The Labute approximate surface area is 117 Å². The van der Waals surface area contributed by atoms with Crippen LogP contribution in [0.4, 0.5) is 0 Å². The maximum Gasteiger partial charge on any atom is 0.162 e. The Morgan fingerprint density at radius 1 is 1.21 bits per heavy atom. The van der Waals surface area contributed by atoms with Crippen molar-refractivity contribution in [2.45, 2.75) is 70.4 Å². The van der Waals surface area contributed by atoms with Crippen molar-refractivity contribution in [2.24, 2.45) is 17.8 Å². The Hall–Kier alpha value is -0.120. The van der Waals surface area contributed by atoms with Crippen LogP contribution in [0.5, 0.6) is 0 Å². The van der Waals surface area contributed by atoms with Crippen molar-refractivity contribution >= 4 is 0 Å². The molecule has 1 aliphatic heterocycles. The second-order valence-corrected chi connectivity index (χ2v) is 7.34. The summed E-state index contributed by atoms with van der Waals surface area (Å²) in [4.78, 5) is 0. The Morgan fingerprint density at radius 2 is 1.95 bits per heavy atom. The van der Waals surface area contributed by atoms with Gasteiger partial charge in [-0.1, -0.05) is 6.92 Å². The van der Waals surface area contributed by atoms with Gasteiger partial charge in [0.2, 0.25) is 0 Å². The summed E-state index contributed by atoms with van der Waals surface area (Å²) in [5.41, 5.74) is 0.306. The lowest BCUT2D eigenvalue weighted by atomic mass is 9.62. The molecule has 3 nitrogen and oxygen atoms in total. The van der Waals surface area contributed by atoms with Gasteiger partial charge >= 0.3 is 0 Å². The Balaban J connectivity index is 1.63. The minimum Gasteiger partial charge on any atom is -0.370 e. The van der Waals surface area contributed by atoms with Crippen LogP contribution in [0.1, 0.15) is 52.9 Å². The fraction of sp³-hybridized carbons (Fsp3) is 1.00. The maximum atomic E-state index is 6.20. The molecule has 0 radical (unpaired) electrons. The van der Waals surface area contributed by atoms with Gasteiger partial charge in [-0.05, 0) is 63.7 Å². The average Bonchev–Trinajstić information content (AvgIpc) is 3.12. The molecule has 0 aromatic rings. The van der Waals surface area contributed by atoms with Crippen molar-refractivity contribution in [2.75, 3.05) is 13.7 Å². The Morgan fingerprint density at radius 3 is 2.58 bits per heavy atom. The first-order valence-corrected chi connectivity index (χ1v) is 7.82. The van der Waals surface area contributed by atoms with Crippen LogP contribution in [0, 0.1) is 17.8 Å². The summed E-state index contributed by atoms with van der Waals surface area (Å²) in [5.74, 6) is 1.86. The van der Waals surface area contributed by atoms with Crippen LogP contribution in [0.15, 0.2) is 0 Å². The van der Waals surface area contributed by atoms with Gasteiger partial charge in [0.05, 0.1) is 18.3 Å². The van der Waals surface area contributed by atoms with Gasteiger partial charge in [-0.2, -0.15) is 0 Å². The molecule has 0 amide bonds. The molecule has 3 heteroatoms. The molecule has 0 aromatic heterocycles. The van der Waals surface area contributed by atoms with E-state index in [1.807, 2.05) is 13.8 Å². The van der Waals surface area contributed by atoms with Crippen LogP contribution in [0.25, 0.3) is 0 Å². The molecule has 4 unspecified atom stereocenters. The van der Waals surface area contributed by atoms with Gasteiger partial charge in [-0.3, -0.25) is 0 Å². The molecule has 0 N–H and O–H groups in total. The van der Waals surface area contributed by atoms with Gasteiger partial charge in [-0.15, -0.1) is 0 Å². The lowest BCUT2D eigenvalue weighted by molar-refractivity contribution is -0.245. The van der Waals surface area contributed by atoms with Crippen LogP contribution < -0.4 is 0 Å². The Bertz CT molecular complexity index is 335. The van der Waals surface area contributed by atoms with E-state index in [-0.39, 0.29) is 0 Å². The zero-order valence-electron chi connectivity index (χ0n) is 12.8. The fourth-order valence-corrected chi connectivity index (χ4v) is 4.27. The number of fused-ring (bicyclic) bond motifs is 1. The van der Waals surface area contributed by atoms with Crippen LogP contribution in [0.2, 0.25) is 0 Å². The first-order valence-electron chi connectivity index (χ1n) is 7.82. The van der Waals surface area contributed by atoms with E-state index in [4.69, 9.17) is 14.2 Å². The highest BCUT2D eigenvalue weighted by Crippen LogP contribution is 2.53. The number of hydrogen-bond acceptors (Lipinski definition) is 3. The fourth-order valence-electron chi connectivity index (χ4n) is 4.27. The van der Waals surface area contributed by atoms with E-state index in [2.05, 4.69) is 6.92 Å². The smallest absolute Gasteiger partial charge is 0.162 e. The zero-order valence-corrected chi connectivity index (χ0v) is 12.8. The van der Waals surface area contributed by atoms with Gasteiger partial charge in [0, 0.05) is 7.11 Å². The third-order valence-electron chi connectivity index (χ3n) is 5.74. The van der Waals surface area contributed by atoms with Gasteiger partial charge in [-0.25, -0.2) is 0 Å². The van der Waals surface area contributed by atoms with Crippen LogP contribution in [-0.2, 0) is 14.2 Å². The van der Waals surface area contributed by atoms with Gasteiger partial charge in [0.15, 0.2) is 5.79 Å². The van der Waals surface area contributed by atoms with Gasteiger partial charge in [0.25, 0.3) is 0 Å². The van der Waals surface area contributed by atoms with E-state index < -0.39 is 5.79 Å². The zero-order chi connectivity index (χ0) is 13.7. The molecule has 110 valence electrons. The van der Waals surface area contributed by atoms with E-state index in [9.17, 15) is 0 Å². The molecule has 1 saturated heterocycles. The SMILES string of the molecule is COC(C)(C)O[C@@H]1CCC2CC3(CCC2C1C)CO3. The summed E-state index contributed by atoms with van der Waals surface area (Å²) in [5, 5.41) is 0. The van der Waals surface area contributed by atoms with Crippen molar-refractivity contribution in [1.29, 1.82) is 0 Å². The van der Waals surface area contributed by atoms with Gasteiger partial charge in [0.1, 0.15) is 0 Å². The minimum atomic E-state index is -0.457. The summed E-state index contributed by atoms with van der Waals surface area (Å²) >= 11 is 0. The molecule has 2 aliphatic carbocycles. The maximum absolute atomic E-state index is 6.20.